The maximum atomic E-state index is 11.3. The van der Waals surface area contributed by atoms with Gasteiger partial charge >= 0.3 is 0 Å². The molecular weight excluding hydrogens is 208 g/mol. The number of nitrogens with one attached hydrogen (secondary N) is 2. The highest BCUT2D eigenvalue weighted by Gasteiger charge is 2.13. The van der Waals surface area contributed by atoms with Gasteiger partial charge in [0.15, 0.2) is 0 Å². The van der Waals surface area contributed by atoms with E-state index in [9.17, 15) is 4.79 Å². The van der Waals surface area contributed by atoms with Crippen molar-refractivity contribution in [1.82, 2.24) is 10.6 Å². The second-order valence-electron chi connectivity index (χ2n) is 3.98. The molecule has 1 rings (SSSR count). The molecule has 0 bridgehead atoms. The van der Waals surface area contributed by atoms with Gasteiger partial charge in [0, 0.05) is 19.7 Å². The van der Waals surface area contributed by atoms with E-state index in [1.165, 1.54) is 12.8 Å². The summed E-state index contributed by atoms with van der Waals surface area (Å²) in [5.41, 5.74) is 0. The summed E-state index contributed by atoms with van der Waals surface area (Å²) in [5.74, 6) is -0.0471. The summed E-state index contributed by atoms with van der Waals surface area (Å²) in [6.45, 7) is 2.96. The van der Waals surface area contributed by atoms with E-state index in [4.69, 9.17) is 9.47 Å². The second-order valence-corrected chi connectivity index (χ2v) is 3.98. The number of hydrogen-bond acceptors (Lipinski definition) is 4. The molecule has 0 spiro atoms. The van der Waals surface area contributed by atoms with E-state index in [0.29, 0.717) is 19.3 Å². The van der Waals surface area contributed by atoms with E-state index < -0.39 is 0 Å². The number of carbonyl (C=O) groups excluding carboxylic acids is 1. The zero-order chi connectivity index (χ0) is 11.6. The van der Waals surface area contributed by atoms with Crippen LogP contribution in [0.25, 0.3) is 0 Å². The van der Waals surface area contributed by atoms with E-state index in [1.807, 2.05) is 0 Å². The molecule has 1 heterocycles. The summed E-state index contributed by atoms with van der Waals surface area (Å²) in [4.78, 5) is 11.3. The summed E-state index contributed by atoms with van der Waals surface area (Å²) >= 11 is 0. The maximum Gasteiger partial charge on any atom is 0.246 e. The molecule has 2 N–H and O–H groups in total. The van der Waals surface area contributed by atoms with Crippen molar-refractivity contribution in [2.75, 3.05) is 40.0 Å². The van der Waals surface area contributed by atoms with Crippen molar-refractivity contribution in [2.45, 2.75) is 25.3 Å². The smallest absolute Gasteiger partial charge is 0.246 e. The van der Waals surface area contributed by atoms with Crippen LogP contribution in [0.15, 0.2) is 0 Å². The average Bonchev–Trinajstić information content (AvgIpc) is 2.77. The second kappa shape index (κ2) is 8.50. The highest BCUT2D eigenvalue weighted by Crippen LogP contribution is 2.07. The van der Waals surface area contributed by atoms with Gasteiger partial charge in [-0.2, -0.15) is 0 Å². The molecule has 0 unspecified atom stereocenters. The van der Waals surface area contributed by atoms with Crippen molar-refractivity contribution < 1.29 is 14.3 Å². The van der Waals surface area contributed by atoms with Crippen LogP contribution in [0, 0.1) is 0 Å². The molecule has 16 heavy (non-hydrogen) atoms. The Morgan fingerprint density at radius 1 is 1.50 bits per heavy atom. The van der Waals surface area contributed by atoms with Gasteiger partial charge in [0.05, 0.1) is 13.2 Å². The lowest BCUT2D eigenvalue weighted by atomic mass is 10.1. The Hall–Kier alpha value is -0.650. The monoisotopic (exact) mass is 230 g/mol. The van der Waals surface area contributed by atoms with Crippen molar-refractivity contribution >= 4 is 5.91 Å². The third kappa shape index (κ3) is 6.05. The predicted octanol–water partition coefficient (Wildman–Crippen LogP) is -0.0923. The average molecular weight is 230 g/mol. The maximum absolute atomic E-state index is 11.3. The molecule has 0 aromatic rings. The van der Waals surface area contributed by atoms with Crippen LogP contribution >= 0.6 is 0 Å². The van der Waals surface area contributed by atoms with Crippen molar-refractivity contribution in [1.29, 1.82) is 0 Å². The first-order valence-electron chi connectivity index (χ1n) is 5.89. The molecule has 94 valence electrons. The highest BCUT2D eigenvalue weighted by molar-refractivity contribution is 5.77. The zero-order valence-corrected chi connectivity index (χ0v) is 9.96. The first-order chi connectivity index (χ1) is 7.83. The van der Waals surface area contributed by atoms with Crippen LogP contribution in [-0.4, -0.2) is 52.0 Å². The molecular formula is C11H22N2O3. The van der Waals surface area contributed by atoms with Crippen LogP contribution in [0.4, 0.5) is 0 Å². The lowest BCUT2D eigenvalue weighted by molar-refractivity contribution is -0.126. The topological polar surface area (TPSA) is 59.6 Å². The SMILES string of the molecule is COCCOCC(=O)NCC[C@@H]1CCCN1. The molecule has 5 nitrogen and oxygen atoms in total. The fourth-order valence-corrected chi connectivity index (χ4v) is 1.75. The molecule has 0 aromatic heterocycles. The minimum atomic E-state index is -0.0471. The van der Waals surface area contributed by atoms with Crippen molar-refractivity contribution in [3.8, 4) is 0 Å². The number of rotatable bonds is 8. The van der Waals surface area contributed by atoms with Crippen LogP contribution in [0.5, 0.6) is 0 Å². The molecule has 1 amide bonds. The van der Waals surface area contributed by atoms with Crippen LogP contribution in [0.2, 0.25) is 0 Å². The Labute approximate surface area is 96.9 Å². The molecule has 0 saturated carbocycles. The highest BCUT2D eigenvalue weighted by atomic mass is 16.5. The number of amides is 1. The third-order valence-corrected chi connectivity index (χ3v) is 2.64. The fraction of sp³-hybridized carbons (Fsp3) is 0.909. The number of hydrogen-bond donors (Lipinski definition) is 2. The Morgan fingerprint density at radius 3 is 3.06 bits per heavy atom. The van der Waals surface area contributed by atoms with Gasteiger partial charge in [-0.15, -0.1) is 0 Å². The molecule has 5 heteroatoms. The van der Waals surface area contributed by atoms with Gasteiger partial charge in [-0.3, -0.25) is 4.79 Å². The summed E-state index contributed by atoms with van der Waals surface area (Å²) in [5, 5.41) is 6.23. The van der Waals surface area contributed by atoms with Gasteiger partial charge in [0.25, 0.3) is 0 Å². The van der Waals surface area contributed by atoms with Gasteiger partial charge in [-0.25, -0.2) is 0 Å². The van der Waals surface area contributed by atoms with Crippen molar-refractivity contribution in [2.24, 2.45) is 0 Å². The lowest BCUT2D eigenvalue weighted by Crippen LogP contribution is -2.32. The molecule has 0 radical (unpaired) electrons. The Kier molecular flexibility index (Phi) is 7.12. The standard InChI is InChI=1S/C11H22N2O3/c1-15-7-8-16-9-11(14)13-6-4-10-3-2-5-12-10/h10,12H,2-9H2,1H3,(H,13,14)/t10-/m0/s1. The molecule has 1 atom stereocenters. The van der Waals surface area contributed by atoms with Gasteiger partial charge in [-0.1, -0.05) is 0 Å². The summed E-state index contributed by atoms with van der Waals surface area (Å²) < 4.78 is 9.91. The van der Waals surface area contributed by atoms with Gasteiger partial charge in [0.1, 0.15) is 6.61 Å². The summed E-state index contributed by atoms with van der Waals surface area (Å²) in [6, 6.07) is 0.578. The van der Waals surface area contributed by atoms with E-state index in [2.05, 4.69) is 10.6 Å². The van der Waals surface area contributed by atoms with E-state index in [-0.39, 0.29) is 12.5 Å². The van der Waals surface area contributed by atoms with Crippen molar-refractivity contribution in [3.05, 3.63) is 0 Å². The predicted molar refractivity (Wildman–Crippen MR) is 61.3 cm³/mol. The molecule has 1 fully saturated rings. The Bertz CT molecular complexity index is 194. The first-order valence-corrected chi connectivity index (χ1v) is 5.89. The molecule has 1 aliphatic rings. The van der Waals surface area contributed by atoms with Gasteiger partial charge in [-0.05, 0) is 25.8 Å². The van der Waals surface area contributed by atoms with Crippen molar-refractivity contribution in [3.63, 3.8) is 0 Å². The van der Waals surface area contributed by atoms with Gasteiger partial charge in [0.2, 0.25) is 5.91 Å². The number of ether oxygens (including phenoxy) is 2. The summed E-state index contributed by atoms with van der Waals surface area (Å²) in [7, 11) is 1.61. The molecule has 1 aliphatic heterocycles. The van der Waals surface area contributed by atoms with E-state index >= 15 is 0 Å². The van der Waals surface area contributed by atoms with E-state index in [0.717, 1.165) is 19.5 Å². The number of carbonyl (C=O) groups is 1. The Balaban J connectivity index is 1.89. The fourth-order valence-electron chi connectivity index (χ4n) is 1.75. The minimum absolute atomic E-state index is 0.0471. The van der Waals surface area contributed by atoms with Gasteiger partial charge < -0.3 is 20.1 Å². The molecule has 1 saturated heterocycles. The normalized spacial score (nSPS) is 19.9. The van der Waals surface area contributed by atoms with E-state index in [1.54, 1.807) is 7.11 Å². The van der Waals surface area contributed by atoms with Crippen LogP contribution < -0.4 is 10.6 Å². The zero-order valence-electron chi connectivity index (χ0n) is 9.96. The molecule has 0 aliphatic carbocycles. The summed E-state index contributed by atoms with van der Waals surface area (Å²) in [6.07, 6.45) is 3.47. The van der Waals surface area contributed by atoms with Crippen LogP contribution in [-0.2, 0) is 14.3 Å². The molecule has 0 aromatic carbocycles. The first kappa shape index (κ1) is 13.4. The largest absolute Gasteiger partial charge is 0.382 e. The number of methoxy groups -OCH3 is 1. The quantitative estimate of drug-likeness (QED) is 0.572. The lowest BCUT2D eigenvalue weighted by Gasteiger charge is -2.10. The van der Waals surface area contributed by atoms with Crippen LogP contribution in [0.1, 0.15) is 19.3 Å². The van der Waals surface area contributed by atoms with Crippen LogP contribution in [0.3, 0.4) is 0 Å². The Morgan fingerprint density at radius 2 is 2.38 bits per heavy atom. The minimum Gasteiger partial charge on any atom is -0.382 e. The third-order valence-electron chi connectivity index (χ3n) is 2.64.